The van der Waals surface area contributed by atoms with Crippen molar-refractivity contribution in [3.05, 3.63) is 71.4 Å². The summed E-state index contributed by atoms with van der Waals surface area (Å²) >= 11 is 0. The minimum atomic E-state index is -1.19. The lowest BCUT2D eigenvalue weighted by atomic mass is 9.98. The van der Waals surface area contributed by atoms with Crippen molar-refractivity contribution in [3.8, 4) is 11.1 Å². The molecule has 1 atom stereocenters. The molecule has 10 heteroatoms. The fraction of sp³-hybridized carbons (Fsp3) is 0.280. The summed E-state index contributed by atoms with van der Waals surface area (Å²) in [7, 11) is 2.96. The molecular weight excluding hydrogens is 452 g/mol. The van der Waals surface area contributed by atoms with Gasteiger partial charge in [0.15, 0.2) is 5.69 Å². The smallest absolute Gasteiger partial charge is 0.407 e. The van der Waals surface area contributed by atoms with Gasteiger partial charge >= 0.3 is 12.1 Å². The fourth-order valence-corrected chi connectivity index (χ4v) is 4.17. The first-order chi connectivity index (χ1) is 16.9. The minimum Gasteiger partial charge on any atom is -0.476 e. The van der Waals surface area contributed by atoms with Gasteiger partial charge in [0.05, 0.1) is 12.5 Å². The second-order valence-corrected chi connectivity index (χ2v) is 8.16. The highest BCUT2D eigenvalue weighted by Gasteiger charge is 2.29. The van der Waals surface area contributed by atoms with E-state index in [4.69, 9.17) is 14.6 Å². The Bertz CT molecular complexity index is 1210. The highest BCUT2D eigenvalue weighted by molar-refractivity contribution is 5.92. The maximum absolute atomic E-state index is 12.4. The Morgan fingerprint density at radius 1 is 1.09 bits per heavy atom. The van der Waals surface area contributed by atoms with E-state index in [1.54, 1.807) is 0 Å². The van der Waals surface area contributed by atoms with Crippen molar-refractivity contribution in [1.82, 2.24) is 15.1 Å². The van der Waals surface area contributed by atoms with Crippen LogP contribution in [0.1, 0.15) is 34.0 Å². The molecule has 1 unspecified atom stereocenters. The molecule has 4 rings (SSSR count). The first-order valence-corrected chi connectivity index (χ1v) is 11.1. The van der Waals surface area contributed by atoms with Gasteiger partial charge in [-0.25, -0.2) is 9.59 Å². The van der Waals surface area contributed by atoms with E-state index in [9.17, 15) is 14.4 Å². The number of carbonyl (C=O) groups excluding carboxylic acids is 2. The van der Waals surface area contributed by atoms with Gasteiger partial charge in [0.25, 0.3) is 0 Å². The van der Waals surface area contributed by atoms with Gasteiger partial charge in [-0.15, -0.1) is 0 Å². The van der Waals surface area contributed by atoms with Crippen molar-refractivity contribution in [1.29, 1.82) is 0 Å². The number of carboxylic acids is 1. The van der Waals surface area contributed by atoms with Gasteiger partial charge < -0.3 is 25.2 Å². The zero-order chi connectivity index (χ0) is 24.9. The number of aromatic nitrogens is 2. The highest BCUT2D eigenvalue weighted by Crippen LogP contribution is 2.44. The lowest BCUT2D eigenvalue weighted by molar-refractivity contribution is -0.118. The third-order valence-electron chi connectivity index (χ3n) is 5.93. The van der Waals surface area contributed by atoms with Crippen molar-refractivity contribution in [2.75, 3.05) is 25.6 Å². The van der Waals surface area contributed by atoms with Crippen molar-refractivity contribution in [2.45, 2.75) is 18.4 Å². The Morgan fingerprint density at radius 2 is 1.71 bits per heavy atom. The molecule has 1 heterocycles. The SMILES string of the molecule is COC(CNC(=O)OCC1c2ccccc2-c2ccccc21)CC(=O)Nc1cc(C(=O)O)nn1C. The van der Waals surface area contributed by atoms with Gasteiger partial charge in [0, 0.05) is 32.7 Å². The highest BCUT2D eigenvalue weighted by atomic mass is 16.5. The molecular formula is C25H26N4O6. The zero-order valence-electron chi connectivity index (χ0n) is 19.4. The van der Waals surface area contributed by atoms with E-state index in [1.807, 2.05) is 36.4 Å². The Morgan fingerprint density at radius 3 is 2.29 bits per heavy atom. The maximum Gasteiger partial charge on any atom is 0.407 e. The van der Waals surface area contributed by atoms with E-state index in [0.29, 0.717) is 0 Å². The summed E-state index contributed by atoms with van der Waals surface area (Å²) in [6.07, 6.45) is -1.27. The average molecular weight is 479 g/mol. The van der Waals surface area contributed by atoms with Crippen LogP contribution < -0.4 is 10.6 Å². The quantitative estimate of drug-likeness (QED) is 0.431. The van der Waals surface area contributed by atoms with Gasteiger partial charge in [0.2, 0.25) is 5.91 Å². The number of carboxylic acid groups (broad SMARTS) is 1. The number of alkyl carbamates (subject to hydrolysis) is 1. The largest absolute Gasteiger partial charge is 0.476 e. The van der Waals surface area contributed by atoms with Crippen molar-refractivity contribution in [2.24, 2.45) is 7.05 Å². The van der Waals surface area contributed by atoms with Crippen molar-refractivity contribution < 1.29 is 29.0 Å². The van der Waals surface area contributed by atoms with Gasteiger partial charge in [-0.05, 0) is 22.3 Å². The number of hydrogen-bond donors (Lipinski definition) is 3. The Labute approximate surface area is 201 Å². The van der Waals surface area contributed by atoms with Gasteiger partial charge in [-0.3, -0.25) is 9.48 Å². The number of benzene rings is 2. The maximum atomic E-state index is 12.4. The number of ether oxygens (including phenoxy) is 2. The molecule has 1 aromatic heterocycles. The van der Waals surface area contributed by atoms with E-state index in [1.165, 1.54) is 24.9 Å². The van der Waals surface area contributed by atoms with E-state index in [-0.39, 0.29) is 37.0 Å². The number of amides is 2. The van der Waals surface area contributed by atoms with E-state index < -0.39 is 24.1 Å². The monoisotopic (exact) mass is 478 g/mol. The molecule has 1 aliphatic rings. The van der Waals surface area contributed by atoms with Crippen LogP contribution in [-0.4, -0.2) is 59.2 Å². The van der Waals surface area contributed by atoms with Gasteiger partial charge in [-0.2, -0.15) is 5.10 Å². The van der Waals surface area contributed by atoms with Crippen LogP contribution in [0.25, 0.3) is 11.1 Å². The topological polar surface area (TPSA) is 132 Å². The Balaban J connectivity index is 1.28. The number of carbonyl (C=O) groups is 3. The second-order valence-electron chi connectivity index (χ2n) is 8.16. The lowest BCUT2D eigenvalue weighted by Gasteiger charge is -2.17. The summed E-state index contributed by atoms with van der Waals surface area (Å²) < 4.78 is 12.1. The third-order valence-corrected chi connectivity index (χ3v) is 5.93. The second kappa shape index (κ2) is 10.4. The summed E-state index contributed by atoms with van der Waals surface area (Å²) in [4.78, 5) is 35.8. The summed E-state index contributed by atoms with van der Waals surface area (Å²) in [5, 5.41) is 18.0. The number of anilines is 1. The van der Waals surface area contributed by atoms with Crippen LogP contribution in [0.4, 0.5) is 10.6 Å². The van der Waals surface area contributed by atoms with Crippen LogP contribution in [-0.2, 0) is 21.3 Å². The predicted octanol–water partition coefficient (Wildman–Crippen LogP) is 3.00. The molecule has 2 aromatic carbocycles. The number of nitrogens with one attached hydrogen (secondary N) is 2. The van der Waals surface area contributed by atoms with E-state index in [0.717, 1.165) is 22.3 Å². The van der Waals surface area contributed by atoms with Crippen LogP contribution in [0, 0.1) is 0 Å². The summed E-state index contributed by atoms with van der Waals surface area (Å²) in [6, 6.07) is 17.4. The first kappa shape index (κ1) is 24.0. The zero-order valence-corrected chi connectivity index (χ0v) is 19.4. The van der Waals surface area contributed by atoms with E-state index in [2.05, 4.69) is 27.9 Å². The molecule has 3 aromatic rings. The summed E-state index contributed by atoms with van der Waals surface area (Å²) in [5.41, 5.74) is 4.35. The van der Waals surface area contributed by atoms with Crippen LogP contribution >= 0.6 is 0 Å². The standard InChI is InChI=1S/C25H26N4O6/c1-29-22(12-21(28-29)24(31)32)27-23(30)11-15(34-2)13-26-25(33)35-14-20-18-9-5-3-7-16(18)17-8-4-6-10-19(17)20/h3-10,12,15,20H,11,13-14H2,1-2H3,(H,26,33)(H,27,30)(H,31,32). The number of nitrogens with zero attached hydrogens (tertiary/aromatic N) is 2. The normalized spacial score (nSPS) is 13.0. The Kier molecular flexibility index (Phi) is 7.11. The van der Waals surface area contributed by atoms with Crippen LogP contribution in [0.5, 0.6) is 0 Å². The molecule has 3 N–H and O–H groups in total. The molecule has 0 spiro atoms. The molecule has 0 fully saturated rings. The molecule has 35 heavy (non-hydrogen) atoms. The molecule has 1 aliphatic carbocycles. The fourth-order valence-electron chi connectivity index (χ4n) is 4.17. The summed E-state index contributed by atoms with van der Waals surface area (Å²) in [6.45, 7) is 0.247. The Hall–Kier alpha value is -4.18. The number of aryl methyl sites for hydroxylation is 1. The molecule has 0 bridgehead atoms. The summed E-state index contributed by atoms with van der Waals surface area (Å²) in [5.74, 6) is -1.41. The number of fused-ring (bicyclic) bond motifs is 3. The molecule has 0 saturated carbocycles. The van der Waals surface area contributed by atoms with Crippen LogP contribution in [0.2, 0.25) is 0 Å². The number of methoxy groups -OCH3 is 1. The van der Waals surface area contributed by atoms with Crippen LogP contribution in [0.3, 0.4) is 0 Å². The molecule has 10 nitrogen and oxygen atoms in total. The minimum absolute atomic E-state index is 0.0493. The van der Waals surface area contributed by atoms with Crippen molar-refractivity contribution >= 4 is 23.8 Å². The molecule has 182 valence electrons. The molecule has 0 radical (unpaired) electrons. The number of hydrogen-bond acceptors (Lipinski definition) is 6. The average Bonchev–Trinajstić information content (AvgIpc) is 3.38. The molecule has 2 amide bonds. The van der Waals surface area contributed by atoms with Gasteiger partial charge in [0.1, 0.15) is 12.4 Å². The number of aromatic carboxylic acids is 1. The number of rotatable bonds is 9. The van der Waals surface area contributed by atoms with Crippen molar-refractivity contribution in [3.63, 3.8) is 0 Å². The van der Waals surface area contributed by atoms with Gasteiger partial charge in [-0.1, -0.05) is 48.5 Å². The lowest BCUT2D eigenvalue weighted by Crippen LogP contribution is -2.36. The predicted molar refractivity (Wildman–Crippen MR) is 127 cm³/mol. The van der Waals surface area contributed by atoms with Crippen LogP contribution in [0.15, 0.2) is 54.6 Å². The first-order valence-electron chi connectivity index (χ1n) is 11.1. The van der Waals surface area contributed by atoms with E-state index >= 15 is 0 Å². The molecule has 0 saturated heterocycles. The molecule has 0 aliphatic heterocycles. The third kappa shape index (κ3) is 5.33.